The van der Waals surface area contributed by atoms with E-state index in [1.165, 1.54) is 30.7 Å². The second kappa shape index (κ2) is 8.70. The van der Waals surface area contributed by atoms with Gasteiger partial charge in [-0.1, -0.05) is 6.07 Å². The molecule has 0 aliphatic carbocycles. The van der Waals surface area contributed by atoms with Crippen LogP contribution in [0.15, 0.2) is 42.5 Å². The molecule has 4 N–H and O–H groups in total. The summed E-state index contributed by atoms with van der Waals surface area (Å²) in [5.41, 5.74) is 2.51. The summed E-state index contributed by atoms with van der Waals surface area (Å²) in [5, 5.41) is 19.6. The normalized spacial score (nSPS) is 12.5. The van der Waals surface area contributed by atoms with E-state index in [9.17, 15) is 12.6 Å². The van der Waals surface area contributed by atoms with E-state index >= 15 is 0 Å². The number of aryl methyl sites for hydroxylation is 2. The van der Waals surface area contributed by atoms with Crippen LogP contribution in [0.5, 0.6) is 5.75 Å². The molecule has 0 saturated carbocycles. The molecular formula is C16H20AsNO6. The molecule has 2 rings (SSSR count). The second-order valence-corrected chi connectivity index (χ2v) is 8.61. The summed E-state index contributed by atoms with van der Waals surface area (Å²) in [6.07, 6.45) is 0. The monoisotopic (exact) mass is 397 g/mol. The number of para-hydroxylation sites is 1. The Bertz CT molecular complexity index is 762. The summed E-state index contributed by atoms with van der Waals surface area (Å²) in [4.78, 5) is 10.8. The van der Waals surface area contributed by atoms with Crippen LogP contribution in [0.1, 0.15) is 18.1 Å². The number of rotatable bonds is 3. The first-order valence-corrected chi connectivity index (χ1v) is 10.3. The number of hydrogen-bond donors (Lipinski definition) is 4. The molecule has 0 heterocycles. The van der Waals surface area contributed by atoms with E-state index in [1.54, 1.807) is 18.2 Å². The Morgan fingerprint density at radius 1 is 1.12 bits per heavy atom. The van der Waals surface area contributed by atoms with Gasteiger partial charge in [0, 0.05) is 0 Å². The third-order valence-electron chi connectivity index (χ3n) is 3.12. The van der Waals surface area contributed by atoms with Crippen LogP contribution in [0, 0.1) is 13.8 Å². The first-order chi connectivity index (χ1) is 11.2. The molecule has 0 bridgehead atoms. The molecule has 0 fully saturated rings. The Morgan fingerprint density at radius 3 is 2.25 bits per heavy atom. The van der Waals surface area contributed by atoms with Crippen LogP contribution in [0.2, 0.25) is 0 Å². The van der Waals surface area contributed by atoms with Gasteiger partial charge in [-0.25, -0.2) is 0 Å². The van der Waals surface area contributed by atoms with Crippen molar-refractivity contribution in [1.82, 2.24) is 0 Å². The third-order valence-corrected chi connectivity index (χ3v) is 5.68. The van der Waals surface area contributed by atoms with E-state index in [0.29, 0.717) is 5.75 Å². The smallest absolute Gasteiger partial charge is 0.115 e. The average Bonchev–Trinajstić information content (AvgIpc) is 2.52. The summed E-state index contributed by atoms with van der Waals surface area (Å²) >= 11 is -4.92. The molecule has 0 radical (unpaired) electrons. The van der Waals surface area contributed by atoms with Gasteiger partial charge in [0.1, 0.15) is 5.75 Å². The molecule has 0 aromatic heterocycles. The number of aromatic hydroxyl groups is 1. The van der Waals surface area contributed by atoms with Gasteiger partial charge in [-0.05, 0) is 37.1 Å². The summed E-state index contributed by atoms with van der Waals surface area (Å²) in [5.74, 6) is -0.0333. The quantitative estimate of drug-likeness (QED) is 0.356. The maximum atomic E-state index is 11.4. The van der Waals surface area contributed by atoms with Crippen molar-refractivity contribution >= 4 is 30.1 Å². The van der Waals surface area contributed by atoms with Gasteiger partial charge in [-0.2, -0.15) is 0 Å². The number of benzene rings is 2. The molecule has 0 aliphatic rings. The number of carbonyl (C=O) groups is 1. The second-order valence-electron chi connectivity index (χ2n) is 5.07. The SMILES string of the molecule is CC(=O)Nc1ccccc1[As](=O)(O)OO.Cc1ccc(O)cc1C. The van der Waals surface area contributed by atoms with Gasteiger partial charge < -0.3 is 5.11 Å². The van der Waals surface area contributed by atoms with Crippen LogP contribution in [0.3, 0.4) is 0 Å². The van der Waals surface area contributed by atoms with Crippen LogP contribution in [0.25, 0.3) is 0 Å². The van der Waals surface area contributed by atoms with Crippen molar-refractivity contribution in [2.75, 3.05) is 5.32 Å². The van der Waals surface area contributed by atoms with E-state index < -0.39 is 14.2 Å². The van der Waals surface area contributed by atoms with E-state index in [0.717, 1.165) is 5.56 Å². The zero-order valence-electron chi connectivity index (χ0n) is 13.6. The molecule has 1 atom stereocenters. The van der Waals surface area contributed by atoms with Crippen LogP contribution in [0.4, 0.5) is 5.69 Å². The van der Waals surface area contributed by atoms with Crippen LogP contribution in [-0.4, -0.2) is 34.5 Å². The number of hydrogen-bond acceptors (Lipinski definition) is 5. The van der Waals surface area contributed by atoms with Crippen molar-refractivity contribution in [2.45, 2.75) is 20.8 Å². The summed E-state index contributed by atoms with van der Waals surface area (Å²) in [6, 6.07) is 11.2. The summed E-state index contributed by atoms with van der Waals surface area (Å²) in [6.45, 7) is 5.27. The van der Waals surface area contributed by atoms with Gasteiger partial charge in [-0.3, -0.25) is 0 Å². The van der Waals surface area contributed by atoms with Crippen LogP contribution < -0.4 is 9.67 Å². The Morgan fingerprint density at radius 2 is 1.75 bits per heavy atom. The van der Waals surface area contributed by atoms with E-state index in [-0.39, 0.29) is 15.9 Å². The topological polar surface area (TPSA) is 116 Å². The number of phenols is 1. The molecule has 2 aromatic carbocycles. The van der Waals surface area contributed by atoms with Crippen molar-refractivity contribution in [3.05, 3.63) is 53.6 Å². The van der Waals surface area contributed by atoms with Crippen molar-refractivity contribution in [1.29, 1.82) is 0 Å². The zero-order valence-corrected chi connectivity index (χ0v) is 15.4. The maximum Gasteiger partial charge on any atom is 0.115 e. The largest absolute Gasteiger partial charge is 0.508 e. The Hall–Kier alpha value is -2.05. The zero-order chi connectivity index (χ0) is 18.3. The number of phenolic OH excluding ortho intramolecular Hbond substituents is 1. The van der Waals surface area contributed by atoms with Crippen molar-refractivity contribution < 1.29 is 26.9 Å². The van der Waals surface area contributed by atoms with Crippen LogP contribution in [-0.2, 0) is 12.4 Å². The Kier molecular flexibility index (Phi) is 7.25. The van der Waals surface area contributed by atoms with Crippen molar-refractivity contribution in [3.8, 4) is 5.75 Å². The van der Waals surface area contributed by atoms with E-state index in [4.69, 9.17) is 10.4 Å². The van der Waals surface area contributed by atoms with E-state index in [2.05, 4.69) is 9.19 Å². The Labute approximate surface area is 142 Å². The number of nitrogens with one attached hydrogen (secondary N) is 1. The van der Waals surface area contributed by atoms with Gasteiger partial charge >= 0.3 is 88.4 Å². The van der Waals surface area contributed by atoms with Gasteiger partial charge in [0.05, 0.1) is 0 Å². The summed E-state index contributed by atoms with van der Waals surface area (Å²) < 4.78 is 24.1. The minimum atomic E-state index is -4.92. The molecule has 1 unspecified atom stereocenters. The number of amides is 1. The summed E-state index contributed by atoms with van der Waals surface area (Å²) in [7, 11) is 0. The fraction of sp³-hybridized carbons (Fsp3) is 0.188. The van der Waals surface area contributed by atoms with Crippen LogP contribution >= 0.6 is 0 Å². The molecule has 8 heteroatoms. The van der Waals surface area contributed by atoms with Crippen molar-refractivity contribution in [3.63, 3.8) is 0 Å². The number of carbonyl (C=O) groups excluding carboxylic acids is 1. The van der Waals surface area contributed by atoms with Crippen molar-refractivity contribution in [2.24, 2.45) is 0 Å². The molecular weight excluding hydrogens is 377 g/mol. The van der Waals surface area contributed by atoms with Gasteiger partial charge in [0.25, 0.3) is 0 Å². The minimum absolute atomic E-state index is 0.103. The predicted octanol–water partition coefficient (Wildman–Crippen LogP) is 1.71. The van der Waals surface area contributed by atoms with Gasteiger partial charge in [0.15, 0.2) is 0 Å². The first kappa shape index (κ1) is 20.0. The number of anilines is 1. The molecule has 0 aliphatic heterocycles. The molecule has 2 aromatic rings. The predicted molar refractivity (Wildman–Crippen MR) is 90.3 cm³/mol. The molecule has 24 heavy (non-hydrogen) atoms. The Balaban J connectivity index is 0.000000272. The fourth-order valence-corrected chi connectivity index (χ4v) is 3.46. The molecule has 1 amide bonds. The van der Waals surface area contributed by atoms with Gasteiger partial charge in [0.2, 0.25) is 0 Å². The third kappa shape index (κ3) is 5.86. The first-order valence-electron chi connectivity index (χ1n) is 6.96. The molecule has 0 spiro atoms. The fourth-order valence-electron chi connectivity index (χ4n) is 1.78. The maximum absolute atomic E-state index is 11.4. The minimum Gasteiger partial charge on any atom is -0.508 e. The molecule has 0 saturated heterocycles. The molecule has 7 nitrogen and oxygen atoms in total. The average molecular weight is 397 g/mol. The van der Waals surface area contributed by atoms with E-state index in [1.807, 2.05) is 19.9 Å². The standard InChI is InChI=1S/C8H10AsNO5.C8H10O/c1-6(11)10-8-5-3-2-4-7(8)9(12,13)15-14;1-6-3-4-8(9)5-7(6)2/h2-5,14H,1H3,(H,10,11)(H,12,13);3-5,9H,1-2H3. The molecule has 130 valence electrons. The van der Waals surface area contributed by atoms with Gasteiger partial charge in [-0.15, -0.1) is 0 Å².